The molecule has 72 valence electrons. The summed E-state index contributed by atoms with van der Waals surface area (Å²) in [6.07, 6.45) is 0.979. The van der Waals surface area contributed by atoms with Crippen LogP contribution >= 0.6 is 0 Å². The van der Waals surface area contributed by atoms with Crippen LogP contribution in [0.5, 0.6) is 5.75 Å². The normalized spacial score (nSPS) is 11.2. The van der Waals surface area contributed by atoms with Crippen LogP contribution in [0.15, 0.2) is 24.3 Å². The second-order valence-electron chi connectivity index (χ2n) is 2.59. The van der Waals surface area contributed by atoms with Gasteiger partial charge in [-0.1, -0.05) is 12.1 Å². The standard InChI is InChI=1S/C8H10O4S/c1-13(10,11)12-8-4-2-7(6-9)3-5-8/h2-5,9H,6H2,1H3. The van der Waals surface area contributed by atoms with Gasteiger partial charge < -0.3 is 9.29 Å². The maximum absolute atomic E-state index is 10.7. The van der Waals surface area contributed by atoms with Gasteiger partial charge in [-0.2, -0.15) is 8.42 Å². The van der Waals surface area contributed by atoms with Crippen molar-refractivity contribution in [2.24, 2.45) is 0 Å². The Morgan fingerprint density at radius 1 is 1.31 bits per heavy atom. The Bertz CT molecular complexity index is 366. The van der Waals surface area contributed by atoms with Gasteiger partial charge in [0.25, 0.3) is 0 Å². The van der Waals surface area contributed by atoms with Crippen molar-refractivity contribution >= 4 is 10.1 Å². The van der Waals surface area contributed by atoms with Gasteiger partial charge in [0.05, 0.1) is 12.9 Å². The zero-order valence-electron chi connectivity index (χ0n) is 7.10. The summed E-state index contributed by atoms with van der Waals surface area (Å²) < 4.78 is 26.0. The van der Waals surface area contributed by atoms with Crippen LogP contribution < -0.4 is 4.18 Å². The van der Waals surface area contributed by atoms with E-state index < -0.39 is 10.1 Å². The van der Waals surface area contributed by atoms with Crippen molar-refractivity contribution < 1.29 is 17.7 Å². The molecule has 0 saturated heterocycles. The minimum absolute atomic E-state index is 0.0703. The summed E-state index contributed by atoms with van der Waals surface area (Å²) in [4.78, 5) is 0. The molecule has 0 fully saturated rings. The molecular weight excluding hydrogens is 192 g/mol. The molecule has 13 heavy (non-hydrogen) atoms. The van der Waals surface area contributed by atoms with E-state index in [1.807, 2.05) is 0 Å². The molecule has 0 atom stereocenters. The van der Waals surface area contributed by atoms with Gasteiger partial charge in [0.2, 0.25) is 0 Å². The Balaban J connectivity index is 2.81. The molecule has 0 saturated carbocycles. The van der Waals surface area contributed by atoms with Crippen molar-refractivity contribution in [3.63, 3.8) is 0 Å². The predicted octanol–water partition coefficient (Wildman–Crippen LogP) is 0.517. The lowest BCUT2D eigenvalue weighted by atomic mass is 10.2. The molecule has 1 aromatic carbocycles. The highest BCUT2D eigenvalue weighted by Gasteiger charge is 2.02. The van der Waals surface area contributed by atoms with Crippen LogP contribution in [0.1, 0.15) is 5.56 Å². The van der Waals surface area contributed by atoms with Crippen LogP contribution in [0.2, 0.25) is 0 Å². The van der Waals surface area contributed by atoms with Crippen LogP contribution in [0.3, 0.4) is 0 Å². The first kappa shape index (κ1) is 10.0. The molecule has 0 aliphatic rings. The summed E-state index contributed by atoms with van der Waals surface area (Å²) in [5, 5.41) is 8.70. The van der Waals surface area contributed by atoms with E-state index in [4.69, 9.17) is 5.11 Å². The van der Waals surface area contributed by atoms with Gasteiger partial charge in [-0.25, -0.2) is 0 Å². The fourth-order valence-electron chi connectivity index (χ4n) is 0.825. The fraction of sp³-hybridized carbons (Fsp3) is 0.250. The lowest BCUT2D eigenvalue weighted by Crippen LogP contribution is -2.05. The van der Waals surface area contributed by atoms with Gasteiger partial charge in [0, 0.05) is 0 Å². The molecule has 1 N–H and O–H groups in total. The average molecular weight is 202 g/mol. The first-order valence-electron chi connectivity index (χ1n) is 3.60. The lowest BCUT2D eigenvalue weighted by molar-refractivity contribution is 0.282. The fourth-order valence-corrected chi connectivity index (χ4v) is 1.29. The van der Waals surface area contributed by atoms with Crippen molar-refractivity contribution in [3.05, 3.63) is 29.8 Å². The van der Waals surface area contributed by atoms with Gasteiger partial charge in [-0.05, 0) is 17.7 Å². The highest BCUT2D eigenvalue weighted by molar-refractivity contribution is 7.86. The van der Waals surface area contributed by atoms with E-state index in [-0.39, 0.29) is 12.4 Å². The second-order valence-corrected chi connectivity index (χ2v) is 4.16. The van der Waals surface area contributed by atoms with E-state index in [1.165, 1.54) is 12.1 Å². The number of aliphatic hydroxyl groups excluding tert-OH is 1. The van der Waals surface area contributed by atoms with Crippen molar-refractivity contribution in [1.29, 1.82) is 0 Å². The maximum Gasteiger partial charge on any atom is 0.306 e. The Morgan fingerprint density at radius 2 is 1.85 bits per heavy atom. The molecule has 0 aliphatic carbocycles. The molecular formula is C8H10O4S. The summed E-state index contributed by atoms with van der Waals surface area (Å²) in [6, 6.07) is 6.18. The summed E-state index contributed by atoms with van der Waals surface area (Å²) >= 11 is 0. The van der Waals surface area contributed by atoms with Crippen LogP contribution in [-0.4, -0.2) is 19.8 Å². The third-order valence-corrected chi connectivity index (χ3v) is 1.85. The molecule has 0 bridgehead atoms. The summed E-state index contributed by atoms with van der Waals surface area (Å²) in [5.41, 5.74) is 0.709. The summed E-state index contributed by atoms with van der Waals surface area (Å²) in [7, 11) is -3.46. The summed E-state index contributed by atoms with van der Waals surface area (Å²) in [6.45, 7) is -0.0703. The van der Waals surface area contributed by atoms with Gasteiger partial charge in [0.1, 0.15) is 5.75 Å². The van der Waals surface area contributed by atoms with Gasteiger partial charge >= 0.3 is 10.1 Å². The van der Waals surface area contributed by atoms with Gasteiger partial charge in [-0.3, -0.25) is 0 Å². The van der Waals surface area contributed by atoms with Gasteiger partial charge in [0.15, 0.2) is 0 Å². The van der Waals surface area contributed by atoms with Crippen molar-refractivity contribution in [2.45, 2.75) is 6.61 Å². The summed E-state index contributed by atoms with van der Waals surface area (Å²) in [5.74, 6) is 0.250. The first-order valence-corrected chi connectivity index (χ1v) is 5.42. The number of hydrogen-bond acceptors (Lipinski definition) is 4. The lowest BCUT2D eigenvalue weighted by Gasteiger charge is -2.02. The van der Waals surface area contributed by atoms with E-state index in [2.05, 4.69) is 4.18 Å². The Labute approximate surface area is 76.9 Å². The predicted molar refractivity (Wildman–Crippen MR) is 47.8 cm³/mol. The van der Waals surface area contributed by atoms with Crippen molar-refractivity contribution in [2.75, 3.05) is 6.26 Å². The van der Waals surface area contributed by atoms with Crippen LogP contribution in [0.4, 0.5) is 0 Å². The third kappa shape index (κ3) is 3.43. The molecule has 0 heterocycles. The van der Waals surface area contributed by atoms with Crippen LogP contribution in [0, 0.1) is 0 Å². The third-order valence-electron chi connectivity index (χ3n) is 1.35. The SMILES string of the molecule is CS(=O)(=O)Oc1ccc(CO)cc1. The molecule has 0 aliphatic heterocycles. The molecule has 5 heteroatoms. The average Bonchev–Trinajstić information content (AvgIpc) is 2.03. The van der Waals surface area contributed by atoms with Crippen molar-refractivity contribution in [3.8, 4) is 5.75 Å². The minimum Gasteiger partial charge on any atom is -0.392 e. The quantitative estimate of drug-likeness (QED) is 0.726. The highest BCUT2D eigenvalue weighted by atomic mass is 32.2. The zero-order valence-corrected chi connectivity index (χ0v) is 7.91. The molecule has 0 aromatic heterocycles. The zero-order chi connectivity index (χ0) is 9.90. The van der Waals surface area contributed by atoms with E-state index >= 15 is 0 Å². The number of rotatable bonds is 3. The smallest absolute Gasteiger partial charge is 0.306 e. The van der Waals surface area contributed by atoms with Crippen molar-refractivity contribution in [1.82, 2.24) is 0 Å². The van der Waals surface area contributed by atoms with E-state index in [0.29, 0.717) is 5.56 Å². The molecule has 4 nitrogen and oxygen atoms in total. The topological polar surface area (TPSA) is 63.6 Å². The number of aliphatic hydroxyl groups is 1. The Hall–Kier alpha value is -1.07. The molecule has 0 spiro atoms. The number of benzene rings is 1. The minimum atomic E-state index is -3.46. The van der Waals surface area contributed by atoms with Gasteiger partial charge in [-0.15, -0.1) is 0 Å². The molecule has 0 radical (unpaired) electrons. The molecule has 0 amide bonds. The maximum atomic E-state index is 10.7. The molecule has 1 aromatic rings. The number of hydrogen-bond donors (Lipinski definition) is 1. The van der Waals surface area contributed by atoms with Crippen LogP contribution in [0.25, 0.3) is 0 Å². The highest BCUT2D eigenvalue weighted by Crippen LogP contribution is 2.13. The molecule has 0 unspecified atom stereocenters. The Kier molecular flexibility index (Phi) is 2.90. The second kappa shape index (κ2) is 3.76. The van der Waals surface area contributed by atoms with E-state index in [0.717, 1.165) is 6.26 Å². The monoisotopic (exact) mass is 202 g/mol. The van der Waals surface area contributed by atoms with Crippen LogP contribution in [-0.2, 0) is 16.7 Å². The van der Waals surface area contributed by atoms with E-state index in [1.54, 1.807) is 12.1 Å². The van der Waals surface area contributed by atoms with E-state index in [9.17, 15) is 8.42 Å². The molecule has 1 rings (SSSR count). The first-order chi connectivity index (χ1) is 6.01. The Morgan fingerprint density at radius 3 is 2.23 bits per heavy atom. The largest absolute Gasteiger partial charge is 0.392 e.